The lowest BCUT2D eigenvalue weighted by Gasteiger charge is -2.36. The lowest BCUT2D eigenvalue weighted by Crippen LogP contribution is -2.51. The van der Waals surface area contributed by atoms with Gasteiger partial charge in [-0.05, 0) is 31.4 Å². The molecule has 7 nitrogen and oxygen atoms in total. The zero-order valence-electron chi connectivity index (χ0n) is 14.8. The van der Waals surface area contributed by atoms with E-state index in [4.69, 9.17) is 9.72 Å². The van der Waals surface area contributed by atoms with Crippen molar-refractivity contribution in [1.29, 1.82) is 0 Å². The molecule has 0 saturated carbocycles. The van der Waals surface area contributed by atoms with E-state index in [1.165, 1.54) is 0 Å². The highest BCUT2D eigenvalue weighted by atomic mass is 16.5. The molecule has 26 heavy (non-hydrogen) atoms. The molecule has 2 N–H and O–H groups in total. The highest BCUT2D eigenvalue weighted by Crippen LogP contribution is 2.28. The molecule has 138 valence electrons. The Morgan fingerprint density at radius 2 is 2.19 bits per heavy atom. The van der Waals surface area contributed by atoms with Gasteiger partial charge in [-0.2, -0.15) is 4.98 Å². The Morgan fingerprint density at radius 3 is 2.92 bits per heavy atom. The summed E-state index contributed by atoms with van der Waals surface area (Å²) in [5, 5.41) is 13.0. The molecule has 2 aromatic heterocycles. The number of aryl methyl sites for hydroxylation is 1. The first-order valence-corrected chi connectivity index (χ1v) is 9.31. The molecule has 0 bridgehead atoms. The summed E-state index contributed by atoms with van der Waals surface area (Å²) < 4.78 is 5.52. The van der Waals surface area contributed by atoms with E-state index in [1.807, 2.05) is 29.3 Å². The number of pyridine rings is 1. The Kier molecular flexibility index (Phi) is 5.26. The number of aliphatic hydroxyl groups is 1. The van der Waals surface area contributed by atoms with Gasteiger partial charge in [-0.15, -0.1) is 0 Å². The normalized spacial score (nSPS) is 20.2. The van der Waals surface area contributed by atoms with Gasteiger partial charge in [-0.25, -0.2) is 4.98 Å². The Balaban J connectivity index is 1.40. The van der Waals surface area contributed by atoms with Crippen LogP contribution in [0.25, 0.3) is 0 Å². The number of hydrogen-bond donors (Lipinski definition) is 2. The van der Waals surface area contributed by atoms with Crippen LogP contribution in [-0.2, 0) is 11.2 Å². The number of anilines is 2. The molecule has 0 radical (unpaired) electrons. The van der Waals surface area contributed by atoms with E-state index >= 15 is 0 Å². The summed E-state index contributed by atoms with van der Waals surface area (Å²) in [6, 6.07) is 8.05. The van der Waals surface area contributed by atoms with Gasteiger partial charge in [0, 0.05) is 50.1 Å². The van der Waals surface area contributed by atoms with Crippen LogP contribution >= 0.6 is 0 Å². The van der Waals surface area contributed by atoms with E-state index in [-0.39, 0.29) is 6.10 Å². The van der Waals surface area contributed by atoms with E-state index in [2.05, 4.69) is 21.4 Å². The van der Waals surface area contributed by atoms with Crippen molar-refractivity contribution < 1.29 is 9.84 Å². The fraction of sp³-hybridized carbons (Fsp3) is 0.526. The van der Waals surface area contributed by atoms with E-state index in [0.717, 1.165) is 56.2 Å². The van der Waals surface area contributed by atoms with Crippen molar-refractivity contribution in [2.45, 2.75) is 31.3 Å². The van der Waals surface area contributed by atoms with Gasteiger partial charge in [0.2, 0.25) is 5.95 Å². The first-order valence-electron chi connectivity index (χ1n) is 9.31. The number of aromatic nitrogens is 3. The van der Waals surface area contributed by atoms with Crippen molar-refractivity contribution in [3.05, 3.63) is 41.9 Å². The molecule has 0 spiro atoms. The summed E-state index contributed by atoms with van der Waals surface area (Å²) in [5.74, 6) is 1.88. The number of rotatable bonds is 7. The fourth-order valence-electron chi connectivity index (χ4n) is 3.31. The van der Waals surface area contributed by atoms with Crippen molar-refractivity contribution in [1.82, 2.24) is 15.0 Å². The number of ether oxygens (including phenoxy) is 1. The summed E-state index contributed by atoms with van der Waals surface area (Å²) in [5.41, 5.74) is 2.14. The van der Waals surface area contributed by atoms with Crippen molar-refractivity contribution in [3.8, 4) is 0 Å². The van der Waals surface area contributed by atoms with Crippen LogP contribution in [0.15, 0.2) is 30.5 Å². The highest BCUT2D eigenvalue weighted by molar-refractivity contribution is 5.46. The number of β-amino-alcohol motifs (C(OH)–C–C–N with tert-alkyl or cyclic N) is 1. The van der Waals surface area contributed by atoms with Crippen molar-refractivity contribution in [2.75, 3.05) is 43.1 Å². The maximum absolute atomic E-state index is 9.57. The van der Waals surface area contributed by atoms with Crippen molar-refractivity contribution in [3.63, 3.8) is 0 Å². The zero-order valence-corrected chi connectivity index (χ0v) is 14.8. The van der Waals surface area contributed by atoms with Crippen LogP contribution < -0.4 is 10.2 Å². The van der Waals surface area contributed by atoms with Gasteiger partial charge in [-0.3, -0.25) is 4.98 Å². The van der Waals surface area contributed by atoms with Crippen LogP contribution in [0.2, 0.25) is 0 Å². The third-order valence-corrected chi connectivity index (χ3v) is 4.87. The second kappa shape index (κ2) is 7.97. The molecule has 0 amide bonds. The maximum Gasteiger partial charge on any atom is 0.227 e. The van der Waals surface area contributed by atoms with E-state index in [9.17, 15) is 5.11 Å². The highest BCUT2D eigenvalue weighted by Gasteiger charge is 2.28. The molecule has 4 heterocycles. The Labute approximate surface area is 153 Å². The van der Waals surface area contributed by atoms with E-state index in [0.29, 0.717) is 25.0 Å². The third kappa shape index (κ3) is 4.11. The smallest absolute Gasteiger partial charge is 0.227 e. The van der Waals surface area contributed by atoms with Gasteiger partial charge in [0.25, 0.3) is 0 Å². The largest absolute Gasteiger partial charge is 0.389 e. The van der Waals surface area contributed by atoms with Gasteiger partial charge < -0.3 is 20.1 Å². The predicted octanol–water partition coefficient (Wildman–Crippen LogP) is 1.60. The summed E-state index contributed by atoms with van der Waals surface area (Å²) in [6.07, 6.45) is 4.48. The van der Waals surface area contributed by atoms with Crippen LogP contribution in [0.3, 0.4) is 0 Å². The monoisotopic (exact) mass is 355 g/mol. The van der Waals surface area contributed by atoms with E-state index in [1.54, 1.807) is 0 Å². The molecule has 2 saturated heterocycles. The second-order valence-electron chi connectivity index (χ2n) is 6.95. The molecule has 2 fully saturated rings. The summed E-state index contributed by atoms with van der Waals surface area (Å²) in [6.45, 7) is 3.54. The Bertz CT molecular complexity index is 715. The SMILES string of the molecule is OC1CN(c2nc(NCCCc3ccccn3)cc([C@@H]3CCOC3)n2)C1. The zero-order chi connectivity index (χ0) is 17.8. The molecular weight excluding hydrogens is 330 g/mol. The van der Waals surface area contributed by atoms with Crippen LogP contribution in [0.4, 0.5) is 11.8 Å². The molecule has 1 atom stereocenters. The minimum atomic E-state index is -0.271. The quantitative estimate of drug-likeness (QED) is 0.730. The summed E-state index contributed by atoms with van der Waals surface area (Å²) in [4.78, 5) is 15.7. The summed E-state index contributed by atoms with van der Waals surface area (Å²) >= 11 is 0. The van der Waals surface area contributed by atoms with Crippen LogP contribution in [0, 0.1) is 0 Å². The Hall–Kier alpha value is -2.25. The minimum absolute atomic E-state index is 0.271. The lowest BCUT2D eigenvalue weighted by molar-refractivity contribution is 0.140. The fourth-order valence-corrected chi connectivity index (χ4v) is 3.31. The molecule has 0 aliphatic carbocycles. The maximum atomic E-state index is 9.57. The second-order valence-corrected chi connectivity index (χ2v) is 6.95. The topological polar surface area (TPSA) is 83.4 Å². The van der Waals surface area contributed by atoms with Crippen molar-refractivity contribution in [2.24, 2.45) is 0 Å². The molecule has 7 heteroatoms. The molecule has 0 unspecified atom stereocenters. The molecule has 2 aliphatic heterocycles. The van der Waals surface area contributed by atoms with Gasteiger partial charge in [0.1, 0.15) is 5.82 Å². The molecule has 0 aromatic carbocycles. The molecule has 2 aliphatic rings. The summed E-state index contributed by atoms with van der Waals surface area (Å²) in [7, 11) is 0. The van der Waals surface area contributed by atoms with Gasteiger partial charge in [0.15, 0.2) is 0 Å². The standard InChI is InChI=1S/C19H25N5O2/c25-16-11-24(12-16)19-22-17(14-6-9-26-13-14)10-18(23-19)21-8-3-5-15-4-1-2-7-20-15/h1-2,4,7,10,14,16,25H,3,5-6,8-9,11-13H2,(H,21,22,23)/t14-/m1/s1. The molecular formula is C19H25N5O2. The van der Waals surface area contributed by atoms with Crippen LogP contribution in [0.5, 0.6) is 0 Å². The molecule has 2 aromatic rings. The van der Waals surface area contributed by atoms with Gasteiger partial charge >= 0.3 is 0 Å². The average molecular weight is 355 g/mol. The minimum Gasteiger partial charge on any atom is -0.389 e. The number of aliphatic hydroxyl groups excluding tert-OH is 1. The van der Waals surface area contributed by atoms with Crippen LogP contribution in [0.1, 0.15) is 30.1 Å². The van der Waals surface area contributed by atoms with Gasteiger partial charge in [0.05, 0.1) is 18.4 Å². The molecule has 4 rings (SSSR count). The Morgan fingerprint density at radius 1 is 1.27 bits per heavy atom. The average Bonchev–Trinajstić information content (AvgIpc) is 3.18. The number of nitrogens with one attached hydrogen (secondary N) is 1. The third-order valence-electron chi connectivity index (χ3n) is 4.87. The first-order chi connectivity index (χ1) is 12.8. The predicted molar refractivity (Wildman–Crippen MR) is 99.5 cm³/mol. The van der Waals surface area contributed by atoms with Crippen LogP contribution in [-0.4, -0.2) is 59.0 Å². The van der Waals surface area contributed by atoms with E-state index < -0.39 is 0 Å². The lowest BCUT2D eigenvalue weighted by atomic mass is 10.0. The first kappa shape index (κ1) is 17.2. The van der Waals surface area contributed by atoms with Gasteiger partial charge in [-0.1, -0.05) is 6.07 Å². The van der Waals surface area contributed by atoms with Crippen molar-refractivity contribution >= 4 is 11.8 Å². The number of nitrogens with zero attached hydrogens (tertiary/aromatic N) is 4. The number of hydrogen-bond acceptors (Lipinski definition) is 7.